The van der Waals surface area contributed by atoms with E-state index in [1.165, 1.54) is 82.1 Å². The molecule has 0 unspecified atom stereocenters. The molecule has 125 heavy (non-hydrogen) atoms. The topological polar surface area (TPSA) is 465 Å². The second-order valence-electron chi connectivity index (χ2n) is 25.7. The van der Waals surface area contributed by atoms with Crippen LogP contribution in [0.15, 0.2) is 280 Å². The van der Waals surface area contributed by atoms with Crippen molar-refractivity contribution in [3.05, 3.63) is 334 Å². The van der Waals surface area contributed by atoms with Gasteiger partial charge in [0.05, 0.1) is 82.8 Å². The number of pyridine rings is 10. The number of allylic oxidation sites excluding steroid dienone is 1. The number of alkyl halides is 1. The SMILES string of the molecule is C=C1N=c2cccc[n+]2=C1I.CC(=O)CCl.COC(=O)c1cnc(N)nc1.COC(=O)c1cnc(Nc2cc(-c3c(C)nc4ccccn34)ccn2)nc1.Cc1cn2ccccc2n1.Cc1nc2ccccn2c1-c1ccnc(Cl)c1.Cc1nc2ccccn2c1-c1ccnc(Nc2ncc(C(=O)NO)cn2)c1.Nc1ccccn1.OB(O)c1ccnc(Cl)c1. The third-order valence-corrected chi connectivity index (χ3v) is 18.7. The summed E-state index contributed by atoms with van der Waals surface area (Å²) in [6, 6.07) is 49.3. The Bertz CT molecular complexity index is 6490. The average Bonchev–Trinajstić information content (AvgIpc) is 1.64. The molecule has 0 spiro atoms. The van der Waals surface area contributed by atoms with Gasteiger partial charge in [-0.05, 0) is 167 Å². The number of carbonyl (C=O) groups excluding carboxylic acids is 4. The van der Waals surface area contributed by atoms with Crippen LogP contribution in [0.25, 0.3) is 56.4 Å². The number of nitrogens with two attached hydrogens (primary N) is 2. The number of aromatic nitrogens is 20. The molecule has 17 aromatic rings. The van der Waals surface area contributed by atoms with E-state index in [9.17, 15) is 19.2 Å². The normalized spacial score (nSPS) is 10.6. The van der Waals surface area contributed by atoms with E-state index < -0.39 is 25.0 Å². The minimum absolute atomic E-state index is 0.0201. The molecule has 17 aromatic heterocycles. The molecule has 1 aliphatic rings. The van der Waals surface area contributed by atoms with Crippen LogP contribution in [0.5, 0.6) is 0 Å². The Morgan fingerprint density at radius 1 is 0.520 bits per heavy atom. The van der Waals surface area contributed by atoms with E-state index in [4.69, 9.17) is 61.5 Å². The van der Waals surface area contributed by atoms with Gasteiger partial charge in [-0.3, -0.25) is 28.0 Å². The number of esters is 2. The number of hydrogen-bond acceptors (Lipinski definition) is 29. The van der Waals surface area contributed by atoms with Gasteiger partial charge in [-0.15, -0.1) is 11.6 Å². The highest BCUT2D eigenvalue weighted by molar-refractivity contribution is 14.1. The number of ether oxygens (including phenoxy) is 2. The highest BCUT2D eigenvalue weighted by Gasteiger charge is 2.19. The summed E-state index contributed by atoms with van der Waals surface area (Å²) >= 11 is 18.6. The highest BCUT2D eigenvalue weighted by Crippen LogP contribution is 2.30. The largest absolute Gasteiger partial charge is 0.488 e. The molecule has 18 heterocycles. The fourth-order valence-corrected chi connectivity index (χ4v) is 12.1. The standard InChI is InChI=1S/C19H16N6O2.C18H15N7O2.C13H10ClN3.C8H6IN2.C8H8N2.C6H7N3O2.C5H5BClNO2.C5H6N2.C3H5ClO/c1-12-17(25-8-4-3-5-16(25)23-12)13-6-7-20-15(9-13)24-19-21-10-14(11-22-19)18(26)27-2;1-11-16(25-7-3-2-4-15(25)22-11)12-5-6-19-14(8-12)23-18-20-9-13(10-21-18)17(26)24-27;1-9-13(10-5-6-15-11(14)8-10)17-7-3-2-4-12(17)16-9;1-6-8(9)11-5-3-2-4-7(11)10-6;1-7-6-10-5-3-2-4-8(10)9-7;1-11-5(10)4-2-8-6(7)9-3-4;7-5-3-4(6(9)10)1-2-8-5;6-5-3-1-2-4-7-5;1-3(5)2-4/h3-11H,1-2H3,(H,20,21,22,24);2-10,27H,1H3,(H,24,26)(H,19,20,21,23);2-8H,1H3;2-5H,1H2;2-6H,1H3;2-3H,1H3,(H2,7,8,9);1-3,9-10H;1-4H,(H2,6,7);2H2,1H3/q;;;+1;;;;;. The van der Waals surface area contributed by atoms with Gasteiger partial charge >= 0.3 is 24.5 Å². The second kappa shape index (κ2) is 45.7. The summed E-state index contributed by atoms with van der Waals surface area (Å²) in [7, 11) is 1.13. The maximum absolute atomic E-state index is 11.5. The number of halogens is 4. The van der Waals surface area contributed by atoms with Crippen LogP contribution in [0.3, 0.4) is 0 Å². The minimum atomic E-state index is -1.47. The summed E-state index contributed by atoms with van der Waals surface area (Å²) in [5.74, 6) is 0.998. The molecule has 10 N–H and O–H groups in total. The van der Waals surface area contributed by atoms with Crippen molar-refractivity contribution in [2.24, 2.45) is 4.99 Å². The molecule has 0 saturated heterocycles. The first-order valence-electron chi connectivity index (χ1n) is 37.1. The molecule has 0 aliphatic carbocycles. The molecule has 0 fully saturated rings. The minimum Gasteiger partial charge on any atom is -0.465 e. The molecule has 0 saturated carbocycles. The molecule has 40 heteroatoms. The zero-order chi connectivity index (χ0) is 89.5. The number of methoxy groups -OCH3 is 2. The van der Waals surface area contributed by atoms with Crippen molar-refractivity contribution >= 4 is 151 Å². The smallest absolute Gasteiger partial charge is 0.465 e. The Balaban J connectivity index is 0.000000154. The van der Waals surface area contributed by atoms with Gasteiger partial charge in [-0.25, -0.2) is 89.8 Å². The van der Waals surface area contributed by atoms with E-state index in [1.807, 2.05) is 222 Å². The number of carbonyl (C=O) groups is 4. The lowest BCUT2D eigenvalue weighted by Crippen LogP contribution is -2.34. The predicted octanol–water partition coefficient (Wildman–Crippen LogP) is 12.0. The van der Waals surface area contributed by atoms with Gasteiger partial charge in [0.25, 0.3) is 5.91 Å². The van der Waals surface area contributed by atoms with Gasteiger partial charge < -0.3 is 46.0 Å². The van der Waals surface area contributed by atoms with Crippen LogP contribution in [0, 0.1) is 31.4 Å². The lowest BCUT2D eigenvalue weighted by atomic mass is 9.81. The van der Waals surface area contributed by atoms with Crippen LogP contribution >= 0.6 is 57.4 Å². The molecule has 1 amide bonds. The summed E-state index contributed by atoms with van der Waals surface area (Å²) in [6.07, 6.45) is 28.2. The molecular weight excluding hydrogens is 1770 g/mol. The first kappa shape index (κ1) is 92.4. The van der Waals surface area contributed by atoms with Crippen LogP contribution in [0.1, 0.15) is 60.8 Å². The highest BCUT2D eigenvalue weighted by atomic mass is 127. The first-order chi connectivity index (χ1) is 60.3. The number of nitrogens with one attached hydrogen (secondary N) is 3. The van der Waals surface area contributed by atoms with Gasteiger partial charge in [0.1, 0.15) is 56.1 Å². The average molecular weight is 1850 g/mol. The molecule has 632 valence electrons. The zero-order valence-electron chi connectivity index (χ0n) is 67.7. The Morgan fingerprint density at radius 3 is 1.36 bits per heavy atom. The summed E-state index contributed by atoms with van der Waals surface area (Å²) < 4.78 is 20.3. The molecule has 0 radical (unpaired) electrons. The summed E-state index contributed by atoms with van der Waals surface area (Å²) in [4.78, 5) is 109. The number of anilines is 6. The summed E-state index contributed by atoms with van der Waals surface area (Å²) in [5.41, 5.74) is 28.4. The number of ketones is 1. The summed E-state index contributed by atoms with van der Waals surface area (Å²) in [6.45, 7) is 13.2. The number of rotatable bonds is 12. The van der Waals surface area contributed by atoms with Gasteiger partial charge in [0, 0.05) is 144 Å². The first-order valence-corrected chi connectivity index (χ1v) is 39.5. The van der Waals surface area contributed by atoms with Gasteiger partial charge in [-0.2, -0.15) is 4.24 Å². The van der Waals surface area contributed by atoms with Crippen LogP contribution in [-0.4, -0.2) is 158 Å². The van der Waals surface area contributed by atoms with Crippen molar-refractivity contribution in [2.45, 2.75) is 34.6 Å². The van der Waals surface area contributed by atoms with Crippen LogP contribution < -0.4 is 42.8 Å². The number of hydrogen-bond donors (Lipinski definition) is 8. The van der Waals surface area contributed by atoms with Crippen molar-refractivity contribution in [2.75, 3.05) is 42.2 Å². The van der Waals surface area contributed by atoms with Gasteiger partial charge in [0.15, 0.2) is 0 Å². The molecule has 1 aliphatic heterocycles. The molecule has 18 rings (SSSR count). The Hall–Kier alpha value is -14.9. The van der Waals surface area contributed by atoms with Crippen molar-refractivity contribution in [3.63, 3.8) is 0 Å². The third kappa shape index (κ3) is 26.3. The molecular formula is C85H78BCl3IN26O9+. The number of Topliss-reactive ketones (excluding diaryl/α,β-unsaturated/α-hetero) is 1. The lowest BCUT2D eigenvalue weighted by Gasteiger charge is -2.07. The van der Waals surface area contributed by atoms with Crippen LogP contribution in [0.2, 0.25) is 10.3 Å². The van der Waals surface area contributed by atoms with E-state index in [0.29, 0.717) is 39.6 Å². The van der Waals surface area contributed by atoms with Crippen molar-refractivity contribution < 1.29 is 48.1 Å². The molecule has 0 atom stereocenters. The molecule has 0 aromatic carbocycles. The van der Waals surface area contributed by atoms with E-state index in [-0.39, 0.29) is 39.8 Å². The van der Waals surface area contributed by atoms with Crippen molar-refractivity contribution in [3.8, 4) is 33.8 Å². The van der Waals surface area contributed by atoms with Crippen LogP contribution in [-0.2, 0) is 14.3 Å². The Labute approximate surface area is 742 Å². The number of nitrogens with zero attached hydrogens (tertiary/aromatic N) is 21. The number of aryl methyl sites for hydroxylation is 4. The zero-order valence-corrected chi connectivity index (χ0v) is 72.1. The van der Waals surface area contributed by atoms with E-state index >= 15 is 0 Å². The Kier molecular flexibility index (Phi) is 33.8. The predicted molar refractivity (Wildman–Crippen MR) is 482 cm³/mol. The number of imidazole rings is 4. The maximum atomic E-state index is 11.5. The molecule has 0 bridgehead atoms. The third-order valence-electron chi connectivity index (χ3n) is 16.8. The lowest BCUT2D eigenvalue weighted by molar-refractivity contribution is -0.523. The Morgan fingerprint density at radius 2 is 0.952 bits per heavy atom. The van der Waals surface area contributed by atoms with Gasteiger partial charge in [-0.1, -0.05) is 59.6 Å². The number of hydroxylamine groups is 1. The van der Waals surface area contributed by atoms with Gasteiger partial charge in [0.2, 0.25) is 27.3 Å². The second-order valence-corrected chi connectivity index (χ2v) is 27.8. The van der Waals surface area contributed by atoms with E-state index in [1.54, 1.807) is 30.9 Å². The van der Waals surface area contributed by atoms with Crippen molar-refractivity contribution in [1.29, 1.82) is 0 Å². The van der Waals surface area contributed by atoms with E-state index in [0.717, 1.165) is 94.0 Å². The van der Waals surface area contributed by atoms with E-state index in [2.05, 4.69) is 133 Å². The fourth-order valence-electron chi connectivity index (χ4n) is 11.2. The number of nitrogen functional groups attached to an aromatic ring is 2. The molecule has 35 nitrogen and oxygen atoms in total. The number of fused-ring (bicyclic) bond motifs is 5. The monoisotopic (exact) mass is 1850 g/mol. The maximum Gasteiger partial charge on any atom is 0.488 e. The fraction of sp³-hybridized carbons (Fsp3) is 0.0941. The van der Waals surface area contributed by atoms with Crippen molar-refractivity contribution in [1.82, 2.24) is 97.8 Å². The quantitative estimate of drug-likeness (QED) is 0.00823. The van der Waals surface area contributed by atoms with Crippen LogP contribution in [0.4, 0.5) is 35.3 Å². The summed E-state index contributed by atoms with van der Waals surface area (Å²) in [5, 5.41) is 32.7. The number of amides is 1.